The molecule has 0 fully saturated rings. The Balaban J connectivity index is 1.03. The largest absolute Gasteiger partial charge is 0.248 e. The van der Waals surface area contributed by atoms with Gasteiger partial charge in [0.25, 0.3) is 0 Å². The smallest absolute Gasteiger partial charge is 0.219 e. The SMILES string of the molecule is Cc1cccc2c1B1c3c(C)cc(-c4cccc(-c5cccc(-c6ccc7c8ccccc8c8ccccc8c7c6)c5)c4)cc3S(=O)(=O)c3cccc(c31)S2(=O)=O. The lowest BCUT2D eigenvalue weighted by Gasteiger charge is -2.35. The number of hydrogen-bond acceptors (Lipinski definition) is 4. The Hall–Kier alpha value is -6.28. The zero-order valence-electron chi connectivity index (χ0n) is 31.1. The van der Waals surface area contributed by atoms with Crippen LogP contribution >= 0.6 is 0 Å². The fourth-order valence-electron chi connectivity index (χ4n) is 9.57. The monoisotopic (exact) mass is 772 g/mol. The van der Waals surface area contributed by atoms with E-state index in [-0.39, 0.29) is 19.6 Å². The minimum Gasteiger partial charge on any atom is -0.219 e. The van der Waals surface area contributed by atoms with Gasteiger partial charge in [-0.1, -0.05) is 132 Å². The van der Waals surface area contributed by atoms with E-state index in [0.29, 0.717) is 16.4 Å². The van der Waals surface area contributed by atoms with Crippen LogP contribution in [0.4, 0.5) is 0 Å². The Morgan fingerprint density at radius 2 is 0.737 bits per heavy atom. The summed E-state index contributed by atoms with van der Waals surface area (Å²) < 4.78 is 57.0. The zero-order chi connectivity index (χ0) is 38.8. The van der Waals surface area contributed by atoms with Crippen LogP contribution in [0.3, 0.4) is 0 Å². The van der Waals surface area contributed by atoms with Crippen LogP contribution in [0.15, 0.2) is 183 Å². The molecule has 2 aliphatic rings. The van der Waals surface area contributed by atoms with Gasteiger partial charge in [-0.05, 0) is 138 Å². The summed E-state index contributed by atoms with van der Waals surface area (Å²) in [5.41, 5.74) is 9.26. The van der Waals surface area contributed by atoms with Crippen molar-refractivity contribution < 1.29 is 16.8 Å². The molecule has 9 aromatic carbocycles. The molecule has 11 rings (SSSR count). The number of benzene rings is 9. The Kier molecular flexibility index (Phi) is 7.23. The molecule has 4 nitrogen and oxygen atoms in total. The van der Waals surface area contributed by atoms with Crippen molar-refractivity contribution in [2.75, 3.05) is 0 Å². The molecule has 0 radical (unpaired) electrons. The van der Waals surface area contributed by atoms with Gasteiger partial charge in [0.2, 0.25) is 26.4 Å². The third-order valence-corrected chi connectivity index (χ3v) is 15.9. The van der Waals surface area contributed by atoms with Gasteiger partial charge in [-0.3, -0.25) is 0 Å². The summed E-state index contributed by atoms with van der Waals surface area (Å²) in [5.74, 6) is 0. The molecule has 0 aromatic heterocycles. The van der Waals surface area contributed by atoms with Gasteiger partial charge < -0.3 is 0 Å². The highest BCUT2D eigenvalue weighted by atomic mass is 32.2. The first-order valence-corrected chi connectivity index (χ1v) is 22.0. The van der Waals surface area contributed by atoms with Gasteiger partial charge >= 0.3 is 0 Å². The fourth-order valence-corrected chi connectivity index (χ4v) is 13.3. The molecule has 7 heteroatoms. The minimum absolute atomic E-state index is 0.0620. The summed E-state index contributed by atoms with van der Waals surface area (Å²) >= 11 is 0. The standard InChI is InChI=1S/C50H33BO4S2/c1-30-11-7-20-44-48(30)51-49-31(2)25-37(29-47(49)57(54,55)46-22-10-21-45(50(46)51)56(44,52)53)35-15-9-13-33(27-35)32-12-8-14-34(26-32)36-23-24-42-40-18-4-3-16-38(40)39-17-5-6-19-41(39)43(42)28-36/h3-29H,1-2H3. The second-order valence-electron chi connectivity index (χ2n) is 15.3. The van der Waals surface area contributed by atoms with E-state index in [9.17, 15) is 16.8 Å². The van der Waals surface area contributed by atoms with Crippen molar-refractivity contribution in [3.05, 3.63) is 175 Å². The number of aryl methyl sites for hydroxylation is 2. The zero-order valence-corrected chi connectivity index (χ0v) is 32.7. The molecule has 0 unspecified atom stereocenters. The van der Waals surface area contributed by atoms with Gasteiger partial charge in [0.1, 0.15) is 0 Å². The molecule has 0 aliphatic carbocycles. The Labute approximate surface area is 332 Å². The molecule has 2 aliphatic heterocycles. The lowest BCUT2D eigenvalue weighted by atomic mass is 9.35. The predicted octanol–water partition coefficient (Wildman–Crippen LogP) is 9.57. The quantitative estimate of drug-likeness (QED) is 0.133. The lowest BCUT2D eigenvalue weighted by Crippen LogP contribution is -2.63. The molecule has 272 valence electrons. The summed E-state index contributed by atoms with van der Waals surface area (Å²) in [5, 5.41) is 7.43. The van der Waals surface area contributed by atoms with Crippen LogP contribution in [0.2, 0.25) is 0 Å². The molecule has 57 heavy (non-hydrogen) atoms. The van der Waals surface area contributed by atoms with Gasteiger partial charge in [0.15, 0.2) is 0 Å². The molecule has 0 N–H and O–H groups in total. The van der Waals surface area contributed by atoms with Crippen LogP contribution < -0.4 is 16.4 Å². The van der Waals surface area contributed by atoms with Crippen molar-refractivity contribution >= 4 is 75.1 Å². The Bertz CT molecular complexity index is 3440. The second-order valence-corrected chi connectivity index (χ2v) is 19.1. The van der Waals surface area contributed by atoms with E-state index >= 15 is 0 Å². The van der Waals surface area contributed by atoms with E-state index in [0.717, 1.165) is 44.5 Å². The van der Waals surface area contributed by atoms with E-state index < -0.39 is 26.4 Å². The molecule has 0 spiro atoms. The average molecular weight is 773 g/mol. The van der Waals surface area contributed by atoms with Crippen molar-refractivity contribution in [1.82, 2.24) is 0 Å². The number of sulfone groups is 2. The predicted molar refractivity (Wildman–Crippen MR) is 233 cm³/mol. The summed E-state index contributed by atoms with van der Waals surface area (Å²) in [4.78, 5) is 0.601. The van der Waals surface area contributed by atoms with Gasteiger partial charge in [0.05, 0.1) is 19.6 Å². The summed E-state index contributed by atoms with van der Waals surface area (Å²) in [6.07, 6.45) is 0. The van der Waals surface area contributed by atoms with Crippen LogP contribution in [0.5, 0.6) is 0 Å². The van der Waals surface area contributed by atoms with Gasteiger partial charge in [-0.2, -0.15) is 0 Å². The van der Waals surface area contributed by atoms with Crippen molar-refractivity contribution in [2.45, 2.75) is 33.4 Å². The van der Waals surface area contributed by atoms with Gasteiger partial charge in [-0.15, -0.1) is 0 Å². The third kappa shape index (κ3) is 4.86. The van der Waals surface area contributed by atoms with Crippen LogP contribution in [-0.2, 0) is 19.7 Å². The van der Waals surface area contributed by atoms with Crippen LogP contribution in [0, 0.1) is 13.8 Å². The number of rotatable bonds is 3. The highest BCUT2D eigenvalue weighted by Crippen LogP contribution is 2.39. The molecule has 9 aromatic rings. The minimum atomic E-state index is -4.06. The first-order valence-electron chi connectivity index (χ1n) is 19.0. The molecule has 0 atom stereocenters. The van der Waals surface area contributed by atoms with Crippen LogP contribution in [0.1, 0.15) is 11.1 Å². The second kappa shape index (κ2) is 12.1. The van der Waals surface area contributed by atoms with E-state index in [2.05, 4.69) is 103 Å². The van der Waals surface area contributed by atoms with Crippen molar-refractivity contribution in [2.24, 2.45) is 0 Å². The molecule has 0 saturated heterocycles. The molecular weight excluding hydrogens is 739 g/mol. The summed E-state index contributed by atoms with van der Waals surface area (Å²) in [6.45, 7) is 3.32. The third-order valence-electron chi connectivity index (χ3n) is 12.2. The summed E-state index contributed by atoms with van der Waals surface area (Å²) in [6, 6.07) is 54.5. The average Bonchev–Trinajstić information content (AvgIpc) is 3.24. The van der Waals surface area contributed by atoms with Gasteiger partial charge in [-0.25, -0.2) is 16.8 Å². The van der Waals surface area contributed by atoms with E-state index in [4.69, 9.17) is 0 Å². The van der Waals surface area contributed by atoms with E-state index in [1.54, 1.807) is 36.4 Å². The maximum absolute atomic E-state index is 14.6. The molecule has 0 amide bonds. The first kappa shape index (κ1) is 34.0. The van der Waals surface area contributed by atoms with E-state index in [1.807, 2.05) is 38.1 Å². The number of hydrogen-bond donors (Lipinski definition) is 0. The highest BCUT2D eigenvalue weighted by molar-refractivity contribution is 7.93. The van der Waals surface area contributed by atoms with E-state index in [1.165, 1.54) is 32.3 Å². The summed E-state index contributed by atoms with van der Waals surface area (Å²) in [7, 11) is -7.97. The van der Waals surface area contributed by atoms with Crippen molar-refractivity contribution in [1.29, 1.82) is 0 Å². The Morgan fingerprint density at radius 3 is 1.32 bits per heavy atom. The van der Waals surface area contributed by atoms with Crippen molar-refractivity contribution in [3.8, 4) is 33.4 Å². The molecule has 0 bridgehead atoms. The highest BCUT2D eigenvalue weighted by Gasteiger charge is 2.48. The van der Waals surface area contributed by atoms with Crippen LogP contribution in [-0.4, -0.2) is 23.5 Å². The maximum Gasteiger partial charge on any atom is 0.248 e. The molecule has 0 saturated carbocycles. The van der Waals surface area contributed by atoms with Gasteiger partial charge in [0, 0.05) is 0 Å². The fraction of sp³-hybridized carbons (Fsp3) is 0.0400. The maximum atomic E-state index is 14.6. The Morgan fingerprint density at radius 1 is 0.316 bits per heavy atom. The molecular formula is C50H33BO4S2. The first-order chi connectivity index (χ1) is 27.6. The van der Waals surface area contributed by atoms with Crippen molar-refractivity contribution in [3.63, 3.8) is 0 Å². The normalized spacial score (nSPS) is 14.7. The topological polar surface area (TPSA) is 68.3 Å². The molecule has 2 heterocycles. The number of fused-ring (bicyclic) bond motifs is 10. The lowest BCUT2D eigenvalue weighted by molar-refractivity contribution is 0.595. The van der Waals surface area contributed by atoms with Crippen LogP contribution in [0.25, 0.3) is 65.7 Å².